The molecule has 1 rings (SSSR count). The molecule has 0 aliphatic heterocycles. The Morgan fingerprint density at radius 2 is 1.90 bits per heavy atom. The average Bonchev–Trinajstić information content (AvgIpc) is 2.40. The summed E-state index contributed by atoms with van der Waals surface area (Å²) in [6.45, 7) is 2.80. The number of carbonyl (C=O) groups excluding carboxylic acids is 1. The number of rotatable bonds is 8. The fourth-order valence-corrected chi connectivity index (χ4v) is 1.69. The Morgan fingerprint density at radius 1 is 1.25 bits per heavy atom. The number of aliphatic carboxylic acids is 1. The van der Waals surface area contributed by atoms with Gasteiger partial charge in [-0.1, -0.05) is 19.1 Å². The molecule has 110 valence electrons. The summed E-state index contributed by atoms with van der Waals surface area (Å²) in [6.07, 6.45) is 1.08. The standard InChI is InChI=1S/C14H20N2O4/c1-2-7-15-9-13(18)16-12(14(19)20)8-10-3-5-11(17)6-4-10/h3-6,12,15,17H,2,7-9H2,1H3,(H,16,18)(H,19,20). The maximum Gasteiger partial charge on any atom is 0.326 e. The number of phenolic OH excluding ortho intramolecular Hbond substituents is 1. The van der Waals surface area contributed by atoms with Gasteiger partial charge >= 0.3 is 5.97 Å². The van der Waals surface area contributed by atoms with Crippen LogP contribution in [0.2, 0.25) is 0 Å². The first-order valence-electron chi connectivity index (χ1n) is 6.53. The molecule has 1 unspecified atom stereocenters. The van der Waals surface area contributed by atoms with Crippen molar-refractivity contribution in [1.29, 1.82) is 0 Å². The van der Waals surface area contributed by atoms with Gasteiger partial charge in [0, 0.05) is 6.42 Å². The third-order valence-corrected chi connectivity index (χ3v) is 2.72. The first-order chi connectivity index (χ1) is 9.52. The van der Waals surface area contributed by atoms with Crippen LogP contribution >= 0.6 is 0 Å². The van der Waals surface area contributed by atoms with E-state index in [1.165, 1.54) is 12.1 Å². The van der Waals surface area contributed by atoms with E-state index in [-0.39, 0.29) is 24.6 Å². The minimum absolute atomic E-state index is 0.104. The van der Waals surface area contributed by atoms with Crippen molar-refractivity contribution in [3.8, 4) is 5.75 Å². The van der Waals surface area contributed by atoms with E-state index in [9.17, 15) is 14.7 Å². The van der Waals surface area contributed by atoms with Crippen molar-refractivity contribution in [3.05, 3.63) is 29.8 Å². The predicted octanol–water partition coefficient (Wildman–Crippen LogP) is 0.504. The highest BCUT2D eigenvalue weighted by Gasteiger charge is 2.20. The van der Waals surface area contributed by atoms with Gasteiger partial charge in [0.2, 0.25) is 5.91 Å². The van der Waals surface area contributed by atoms with E-state index in [0.29, 0.717) is 6.54 Å². The molecule has 1 aromatic carbocycles. The van der Waals surface area contributed by atoms with Gasteiger partial charge < -0.3 is 20.8 Å². The smallest absolute Gasteiger partial charge is 0.326 e. The molecule has 0 saturated heterocycles. The number of benzene rings is 1. The summed E-state index contributed by atoms with van der Waals surface area (Å²) < 4.78 is 0. The topological polar surface area (TPSA) is 98.7 Å². The largest absolute Gasteiger partial charge is 0.508 e. The van der Waals surface area contributed by atoms with Crippen LogP contribution in [0.4, 0.5) is 0 Å². The quantitative estimate of drug-likeness (QED) is 0.520. The molecule has 0 aromatic heterocycles. The molecular weight excluding hydrogens is 260 g/mol. The molecule has 0 aliphatic rings. The number of hydrogen-bond acceptors (Lipinski definition) is 4. The Balaban J connectivity index is 2.54. The van der Waals surface area contributed by atoms with Crippen molar-refractivity contribution in [3.63, 3.8) is 0 Å². The summed E-state index contributed by atoms with van der Waals surface area (Å²) >= 11 is 0. The average molecular weight is 280 g/mol. The molecule has 0 radical (unpaired) electrons. The molecule has 0 spiro atoms. The second-order valence-corrected chi connectivity index (χ2v) is 4.51. The zero-order chi connectivity index (χ0) is 15.0. The van der Waals surface area contributed by atoms with Gasteiger partial charge in [0.15, 0.2) is 0 Å². The van der Waals surface area contributed by atoms with Crippen LogP contribution in [0.1, 0.15) is 18.9 Å². The molecule has 6 heteroatoms. The van der Waals surface area contributed by atoms with Gasteiger partial charge in [-0.2, -0.15) is 0 Å². The van der Waals surface area contributed by atoms with Gasteiger partial charge in [0.1, 0.15) is 11.8 Å². The molecule has 4 N–H and O–H groups in total. The van der Waals surface area contributed by atoms with Crippen molar-refractivity contribution >= 4 is 11.9 Å². The lowest BCUT2D eigenvalue weighted by molar-refractivity contribution is -0.141. The molecular formula is C14H20N2O4. The van der Waals surface area contributed by atoms with Crippen LogP contribution in [0.3, 0.4) is 0 Å². The molecule has 6 nitrogen and oxygen atoms in total. The number of phenols is 1. The summed E-state index contributed by atoms with van der Waals surface area (Å²) in [7, 11) is 0. The zero-order valence-corrected chi connectivity index (χ0v) is 11.4. The van der Waals surface area contributed by atoms with E-state index >= 15 is 0 Å². The molecule has 20 heavy (non-hydrogen) atoms. The predicted molar refractivity (Wildman–Crippen MR) is 74.5 cm³/mol. The van der Waals surface area contributed by atoms with Gasteiger partial charge in [0.25, 0.3) is 0 Å². The van der Waals surface area contributed by atoms with Crippen molar-refractivity contribution in [2.45, 2.75) is 25.8 Å². The third-order valence-electron chi connectivity index (χ3n) is 2.72. The number of carboxylic acids is 1. The number of carbonyl (C=O) groups is 2. The summed E-state index contributed by atoms with van der Waals surface area (Å²) in [4.78, 5) is 22.8. The van der Waals surface area contributed by atoms with Crippen molar-refractivity contribution in [2.24, 2.45) is 0 Å². The molecule has 0 aliphatic carbocycles. The summed E-state index contributed by atoms with van der Waals surface area (Å²) in [5.74, 6) is -1.31. The summed E-state index contributed by atoms with van der Waals surface area (Å²) in [5.41, 5.74) is 0.733. The Labute approximate surface area is 117 Å². The normalized spacial score (nSPS) is 11.8. The summed E-state index contributed by atoms with van der Waals surface area (Å²) in [6, 6.07) is 5.26. The lowest BCUT2D eigenvalue weighted by Crippen LogP contribution is -2.45. The maximum atomic E-state index is 11.6. The van der Waals surface area contributed by atoms with Crippen LogP contribution in [0.25, 0.3) is 0 Å². The fraction of sp³-hybridized carbons (Fsp3) is 0.429. The first kappa shape index (κ1) is 16.0. The minimum atomic E-state index is -1.08. The van der Waals surface area contributed by atoms with Crippen molar-refractivity contribution < 1.29 is 19.8 Å². The molecule has 0 bridgehead atoms. The molecule has 0 saturated carbocycles. The third kappa shape index (κ3) is 5.71. The number of nitrogens with one attached hydrogen (secondary N) is 2. The van der Waals surface area contributed by atoms with Crippen LogP contribution in [-0.2, 0) is 16.0 Å². The monoisotopic (exact) mass is 280 g/mol. The van der Waals surface area contributed by atoms with E-state index in [1.54, 1.807) is 12.1 Å². The van der Waals surface area contributed by atoms with Gasteiger partial charge in [-0.3, -0.25) is 4.79 Å². The van der Waals surface area contributed by atoms with Crippen LogP contribution < -0.4 is 10.6 Å². The maximum absolute atomic E-state index is 11.6. The van der Waals surface area contributed by atoms with E-state index in [0.717, 1.165) is 12.0 Å². The Hall–Kier alpha value is -2.08. The van der Waals surface area contributed by atoms with Crippen LogP contribution in [0.5, 0.6) is 5.75 Å². The molecule has 1 aromatic rings. The van der Waals surface area contributed by atoms with Crippen LogP contribution in [-0.4, -0.2) is 41.2 Å². The SMILES string of the molecule is CCCNCC(=O)NC(Cc1ccc(O)cc1)C(=O)O. The zero-order valence-electron chi connectivity index (χ0n) is 11.4. The highest BCUT2D eigenvalue weighted by atomic mass is 16.4. The lowest BCUT2D eigenvalue weighted by Gasteiger charge is -2.15. The number of amides is 1. The van der Waals surface area contributed by atoms with Gasteiger partial charge in [-0.15, -0.1) is 0 Å². The van der Waals surface area contributed by atoms with Gasteiger partial charge in [0.05, 0.1) is 6.54 Å². The highest BCUT2D eigenvalue weighted by molar-refractivity contribution is 5.84. The molecule has 0 fully saturated rings. The van der Waals surface area contributed by atoms with E-state index < -0.39 is 12.0 Å². The first-order valence-corrected chi connectivity index (χ1v) is 6.53. The lowest BCUT2D eigenvalue weighted by atomic mass is 10.1. The van der Waals surface area contributed by atoms with E-state index in [2.05, 4.69) is 10.6 Å². The molecule has 0 heterocycles. The number of carboxylic acid groups (broad SMARTS) is 1. The van der Waals surface area contributed by atoms with E-state index in [1.807, 2.05) is 6.92 Å². The molecule has 1 amide bonds. The van der Waals surface area contributed by atoms with E-state index in [4.69, 9.17) is 5.11 Å². The fourth-order valence-electron chi connectivity index (χ4n) is 1.69. The minimum Gasteiger partial charge on any atom is -0.508 e. The van der Waals surface area contributed by atoms with Crippen molar-refractivity contribution in [1.82, 2.24) is 10.6 Å². The number of aromatic hydroxyl groups is 1. The Bertz CT molecular complexity index is 445. The van der Waals surface area contributed by atoms with Crippen molar-refractivity contribution in [2.75, 3.05) is 13.1 Å². The summed E-state index contributed by atoms with van der Waals surface area (Å²) in [5, 5.41) is 23.7. The Morgan fingerprint density at radius 3 is 2.45 bits per heavy atom. The van der Waals surface area contributed by atoms with Crippen LogP contribution in [0.15, 0.2) is 24.3 Å². The van der Waals surface area contributed by atoms with Gasteiger partial charge in [-0.05, 0) is 30.7 Å². The highest BCUT2D eigenvalue weighted by Crippen LogP contribution is 2.11. The number of hydrogen-bond donors (Lipinski definition) is 4. The van der Waals surface area contributed by atoms with Gasteiger partial charge in [-0.25, -0.2) is 4.79 Å². The second-order valence-electron chi connectivity index (χ2n) is 4.51. The van der Waals surface area contributed by atoms with Crippen LogP contribution in [0, 0.1) is 0 Å². The second kappa shape index (κ2) is 8.16. The molecule has 1 atom stereocenters. The Kier molecular flexibility index (Phi) is 6.52.